The summed E-state index contributed by atoms with van der Waals surface area (Å²) >= 11 is 0. The zero-order chi connectivity index (χ0) is 13.9. The smallest absolute Gasteiger partial charge is 0.274 e. The van der Waals surface area contributed by atoms with Crippen LogP contribution in [-0.4, -0.2) is 46.8 Å². The van der Waals surface area contributed by atoms with E-state index in [0.717, 1.165) is 45.4 Å². The van der Waals surface area contributed by atoms with Crippen molar-refractivity contribution in [2.75, 3.05) is 26.2 Å². The van der Waals surface area contributed by atoms with Crippen molar-refractivity contribution in [3.05, 3.63) is 18.0 Å². The molecular formula is C15H24N4O. The number of nitrogens with one attached hydrogen (secondary N) is 1. The molecule has 110 valence electrons. The zero-order valence-corrected chi connectivity index (χ0v) is 12.2. The number of amides is 1. The van der Waals surface area contributed by atoms with E-state index >= 15 is 0 Å². The summed E-state index contributed by atoms with van der Waals surface area (Å²) in [7, 11) is 0. The van der Waals surface area contributed by atoms with E-state index in [4.69, 9.17) is 0 Å². The molecule has 0 spiro atoms. The van der Waals surface area contributed by atoms with Crippen molar-refractivity contribution < 1.29 is 4.79 Å². The predicted molar refractivity (Wildman–Crippen MR) is 77.7 cm³/mol. The van der Waals surface area contributed by atoms with Crippen molar-refractivity contribution in [3.8, 4) is 0 Å². The first-order valence-electron chi connectivity index (χ1n) is 7.83. The highest BCUT2D eigenvalue weighted by Crippen LogP contribution is 2.21. The van der Waals surface area contributed by atoms with Gasteiger partial charge in [-0.25, -0.2) is 0 Å². The molecule has 0 bridgehead atoms. The highest BCUT2D eigenvalue weighted by atomic mass is 16.2. The molecule has 3 rings (SSSR count). The summed E-state index contributed by atoms with van der Waals surface area (Å²) < 4.78 is 1.97. The largest absolute Gasteiger partial charge is 0.337 e. The summed E-state index contributed by atoms with van der Waals surface area (Å²) in [5.41, 5.74) is 0.604. The molecule has 1 N–H and O–H groups in total. The van der Waals surface area contributed by atoms with Gasteiger partial charge in [0.15, 0.2) is 0 Å². The Morgan fingerprint density at radius 3 is 3.10 bits per heavy atom. The molecule has 5 heteroatoms. The molecule has 2 fully saturated rings. The van der Waals surface area contributed by atoms with Crippen LogP contribution < -0.4 is 5.32 Å². The fourth-order valence-corrected chi connectivity index (χ4v) is 3.23. The lowest BCUT2D eigenvalue weighted by atomic mass is 10.1. The normalized spacial score (nSPS) is 26.9. The lowest BCUT2D eigenvalue weighted by Crippen LogP contribution is -2.32. The molecule has 0 saturated carbocycles. The molecule has 2 saturated heterocycles. The van der Waals surface area contributed by atoms with Crippen LogP contribution in [0.3, 0.4) is 0 Å². The number of nitrogens with zero attached hydrogens (tertiary/aromatic N) is 3. The van der Waals surface area contributed by atoms with Gasteiger partial charge >= 0.3 is 0 Å². The maximum atomic E-state index is 12.4. The van der Waals surface area contributed by atoms with Crippen LogP contribution in [0.25, 0.3) is 0 Å². The maximum absolute atomic E-state index is 12.4. The van der Waals surface area contributed by atoms with Gasteiger partial charge in [0.05, 0.1) is 6.04 Å². The Morgan fingerprint density at radius 2 is 2.40 bits per heavy atom. The van der Waals surface area contributed by atoms with Gasteiger partial charge in [0.1, 0.15) is 5.69 Å². The second kappa shape index (κ2) is 5.95. The number of likely N-dealkylation sites (tertiary alicyclic amines) is 1. The SMILES string of the molecule is CCC1CCN(C(=O)c2ccn(C3CCCNC3)n2)C1. The number of carbonyl (C=O) groups excluding carboxylic acids is 1. The van der Waals surface area contributed by atoms with Gasteiger partial charge in [0.2, 0.25) is 0 Å². The van der Waals surface area contributed by atoms with E-state index in [-0.39, 0.29) is 5.91 Å². The standard InChI is InChI=1S/C15H24N4O/c1-2-12-5-8-18(11-12)15(20)14-6-9-19(17-14)13-4-3-7-16-10-13/h6,9,12-13,16H,2-5,7-8,10-11H2,1H3. The van der Waals surface area contributed by atoms with E-state index in [2.05, 4.69) is 17.3 Å². The molecule has 2 aliphatic rings. The fraction of sp³-hybridized carbons (Fsp3) is 0.733. The van der Waals surface area contributed by atoms with Crippen molar-refractivity contribution in [2.45, 2.75) is 38.6 Å². The van der Waals surface area contributed by atoms with Crippen molar-refractivity contribution in [1.82, 2.24) is 20.0 Å². The summed E-state index contributed by atoms with van der Waals surface area (Å²) in [6.45, 7) is 6.03. The number of hydrogen-bond donors (Lipinski definition) is 1. The number of rotatable bonds is 3. The van der Waals surface area contributed by atoms with Crippen LogP contribution >= 0.6 is 0 Å². The average Bonchev–Trinajstić information content (AvgIpc) is 3.17. The van der Waals surface area contributed by atoms with E-state index in [1.807, 2.05) is 21.8 Å². The molecule has 1 amide bonds. The van der Waals surface area contributed by atoms with Crippen LogP contribution in [0.5, 0.6) is 0 Å². The van der Waals surface area contributed by atoms with Crippen LogP contribution in [-0.2, 0) is 0 Å². The minimum Gasteiger partial charge on any atom is -0.337 e. The minimum absolute atomic E-state index is 0.100. The number of carbonyl (C=O) groups is 1. The van der Waals surface area contributed by atoms with Gasteiger partial charge in [-0.15, -0.1) is 0 Å². The lowest BCUT2D eigenvalue weighted by molar-refractivity contribution is 0.0779. The van der Waals surface area contributed by atoms with Gasteiger partial charge in [-0.05, 0) is 37.8 Å². The van der Waals surface area contributed by atoms with Gasteiger partial charge in [0.25, 0.3) is 5.91 Å². The highest BCUT2D eigenvalue weighted by Gasteiger charge is 2.27. The van der Waals surface area contributed by atoms with Crippen LogP contribution in [0, 0.1) is 5.92 Å². The monoisotopic (exact) mass is 276 g/mol. The quantitative estimate of drug-likeness (QED) is 0.914. The summed E-state index contributed by atoms with van der Waals surface area (Å²) in [6.07, 6.45) is 6.57. The third-order valence-corrected chi connectivity index (χ3v) is 4.62. The molecule has 0 aromatic carbocycles. The second-order valence-corrected chi connectivity index (χ2v) is 6.00. The molecular weight excluding hydrogens is 252 g/mol. The predicted octanol–water partition coefficient (Wildman–Crippen LogP) is 1.68. The van der Waals surface area contributed by atoms with E-state index in [1.165, 1.54) is 6.42 Å². The van der Waals surface area contributed by atoms with Crippen molar-refractivity contribution in [3.63, 3.8) is 0 Å². The Kier molecular flexibility index (Phi) is 4.05. The van der Waals surface area contributed by atoms with Crippen LogP contribution in [0.2, 0.25) is 0 Å². The summed E-state index contributed by atoms with van der Waals surface area (Å²) in [4.78, 5) is 14.4. The molecule has 2 unspecified atom stereocenters. The van der Waals surface area contributed by atoms with Crippen molar-refractivity contribution in [1.29, 1.82) is 0 Å². The molecule has 3 heterocycles. The van der Waals surface area contributed by atoms with Gasteiger partial charge in [-0.1, -0.05) is 13.3 Å². The Balaban J connectivity index is 1.65. The number of aromatic nitrogens is 2. The first kappa shape index (κ1) is 13.6. The number of piperidine rings is 1. The minimum atomic E-state index is 0.100. The third-order valence-electron chi connectivity index (χ3n) is 4.62. The van der Waals surface area contributed by atoms with Crippen LogP contribution in [0.15, 0.2) is 12.3 Å². The topological polar surface area (TPSA) is 50.2 Å². The van der Waals surface area contributed by atoms with E-state index in [9.17, 15) is 4.79 Å². The lowest BCUT2D eigenvalue weighted by Gasteiger charge is -2.23. The van der Waals surface area contributed by atoms with E-state index in [0.29, 0.717) is 17.7 Å². The van der Waals surface area contributed by atoms with E-state index in [1.54, 1.807) is 0 Å². The molecule has 5 nitrogen and oxygen atoms in total. The Bertz CT molecular complexity index is 464. The Labute approximate surface area is 120 Å². The molecule has 0 aliphatic carbocycles. The zero-order valence-electron chi connectivity index (χ0n) is 12.2. The molecule has 20 heavy (non-hydrogen) atoms. The summed E-state index contributed by atoms with van der Waals surface area (Å²) in [5, 5.41) is 7.90. The van der Waals surface area contributed by atoms with Crippen LogP contribution in [0.4, 0.5) is 0 Å². The first-order valence-corrected chi connectivity index (χ1v) is 7.83. The van der Waals surface area contributed by atoms with Crippen molar-refractivity contribution in [2.24, 2.45) is 5.92 Å². The van der Waals surface area contributed by atoms with Gasteiger partial charge in [-0.2, -0.15) is 5.10 Å². The molecule has 2 atom stereocenters. The Morgan fingerprint density at radius 1 is 1.50 bits per heavy atom. The fourth-order valence-electron chi connectivity index (χ4n) is 3.23. The van der Waals surface area contributed by atoms with Gasteiger partial charge in [0, 0.05) is 25.8 Å². The summed E-state index contributed by atoms with van der Waals surface area (Å²) in [6, 6.07) is 2.27. The van der Waals surface area contributed by atoms with Gasteiger partial charge < -0.3 is 10.2 Å². The number of hydrogen-bond acceptors (Lipinski definition) is 3. The first-order chi connectivity index (χ1) is 9.78. The third kappa shape index (κ3) is 2.73. The Hall–Kier alpha value is -1.36. The second-order valence-electron chi connectivity index (χ2n) is 6.00. The van der Waals surface area contributed by atoms with E-state index < -0.39 is 0 Å². The summed E-state index contributed by atoms with van der Waals surface area (Å²) in [5.74, 6) is 0.770. The molecule has 0 radical (unpaired) electrons. The van der Waals surface area contributed by atoms with Crippen molar-refractivity contribution >= 4 is 5.91 Å². The molecule has 1 aromatic heterocycles. The molecule has 1 aromatic rings. The van der Waals surface area contributed by atoms with Crippen LogP contribution in [0.1, 0.15) is 49.1 Å². The maximum Gasteiger partial charge on any atom is 0.274 e. The molecule has 2 aliphatic heterocycles. The average molecular weight is 276 g/mol. The van der Waals surface area contributed by atoms with Gasteiger partial charge in [-0.3, -0.25) is 9.48 Å². The highest BCUT2D eigenvalue weighted by molar-refractivity contribution is 5.92.